The van der Waals surface area contributed by atoms with Crippen molar-refractivity contribution in [3.63, 3.8) is 0 Å². The van der Waals surface area contributed by atoms with Gasteiger partial charge in [-0.2, -0.15) is 13.2 Å². The topological polar surface area (TPSA) is 77.7 Å². The van der Waals surface area contributed by atoms with Crippen LogP contribution in [-0.4, -0.2) is 47.8 Å². The van der Waals surface area contributed by atoms with Crippen molar-refractivity contribution in [1.82, 2.24) is 15.1 Å². The minimum absolute atomic E-state index is 0.0975. The summed E-state index contributed by atoms with van der Waals surface area (Å²) in [6, 6.07) is 11.5. The number of benzene rings is 2. The van der Waals surface area contributed by atoms with Crippen LogP contribution in [0.2, 0.25) is 0 Å². The molecule has 1 unspecified atom stereocenters. The van der Waals surface area contributed by atoms with Crippen molar-refractivity contribution >= 4 is 5.91 Å². The molecule has 2 aromatic carbocycles. The molecule has 1 aliphatic heterocycles. The molecule has 1 aliphatic rings. The van der Waals surface area contributed by atoms with E-state index >= 15 is 0 Å². The van der Waals surface area contributed by atoms with Crippen molar-refractivity contribution in [3.8, 4) is 23.0 Å². The Labute approximate surface area is 188 Å². The van der Waals surface area contributed by atoms with Crippen LogP contribution in [0.15, 0.2) is 52.9 Å². The van der Waals surface area contributed by atoms with Gasteiger partial charge in [-0.3, -0.25) is 4.79 Å². The number of methoxy groups -OCH3 is 1. The number of nitrogens with zero attached hydrogens (tertiary/aromatic N) is 3. The Morgan fingerprint density at radius 3 is 2.45 bits per heavy atom. The number of carbonyl (C=O) groups excluding carboxylic acids is 1. The first-order valence-electron chi connectivity index (χ1n) is 10.4. The Morgan fingerprint density at radius 2 is 1.79 bits per heavy atom. The van der Waals surface area contributed by atoms with E-state index in [9.17, 15) is 18.0 Å². The lowest BCUT2D eigenvalue weighted by Crippen LogP contribution is -2.41. The molecule has 1 atom stereocenters. The Balaban J connectivity index is 1.36. The van der Waals surface area contributed by atoms with Crippen molar-refractivity contribution < 1.29 is 31.9 Å². The van der Waals surface area contributed by atoms with E-state index in [4.69, 9.17) is 13.9 Å². The number of alkyl halides is 3. The van der Waals surface area contributed by atoms with Gasteiger partial charge in [0.2, 0.25) is 11.8 Å². The second-order valence-electron chi connectivity index (χ2n) is 7.66. The molecule has 0 N–H and O–H groups in total. The highest BCUT2D eigenvalue weighted by atomic mass is 19.4. The second-order valence-corrected chi connectivity index (χ2v) is 7.66. The third kappa shape index (κ3) is 5.44. The summed E-state index contributed by atoms with van der Waals surface area (Å²) >= 11 is 0. The van der Waals surface area contributed by atoms with Crippen LogP contribution in [0.5, 0.6) is 11.5 Å². The van der Waals surface area contributed by atoms with E-state index in [1.54, 1.807) is 36.3 Å². The smallest absolute Gasteiger partial charge is 0.416 e. The lowest BCUT2D eigenvalue weighted by Gasteiger charge is -2.31. The highest BCUT2D eigenvalue weighted by Gasteiger charge is 2.31. The molecule has 0 aliphatic carbocycles. The number of halogens is 3. The standard InChI is InChI=1S/C23H22F3N3O4/c1-31-18-8-10-19(11-9-18)32-14-20(30)29-12-2-3-16(13-29)22-28-27-21(33-22)15-4-6-17(7-5-15)23(24,25)26/h4-11,16H,2-3,12-14H2,1H3. The minimum atomic E-state index is -4.41. The van der Waals surface area contributed by atoms with Gasteiger partial charge >= 0.3 is 6.18 Å². The average Bonchev–Trinajstić information content (AvgIpc) is 3.33. The zero-order valence-electron chi connectivity index (χ0n) is 17.8. The van der Waals surface area contributed by atoms with Crippen molar-refractivity contribution in [2.24, 2.45) is 0 Å². The molecule has 0 saturated carbocycles. The molecule has 7 nitrogen and oxygen atoms in total. The molecule has 1 saturated heterocycles. The highest BCUT2D eigenvalue weighted by molar-refractivity contribution is 5.78. The normalized spacial score (nSPS) is 16.5. The fourth-order valence-corrected chi connectivity index (χ4v) is 3.63. The maximum Gasteiger partial charge on any atom is 0.416 e. The van der Waals surface area contributed by atoms with Crippen LogP contribution in [-0.2, 0) is 11.0 Å². The molecule has 0 radical (unpaired) electrons. The van der Waals surface area contributed by atoms with Crippen LogP contribution < -0.4 is 9.47 Å². The molecule has 1 fully saturated rings. The van der Waals surface area contributed by atoms with Crippen LogP contribution in [0.4, 0.5) is 13.2 Å². The van der Waals surface area contributed by atoms with Gasteiger partial charge in [0.15, 0.2) is 6.61 Å². The maximum absolute atomic E-state index is 12.8. The molecule has 1 amide bonds. The van der Waals surface area contributed by atoms with E-state index in [-0.39, 0.29) is 24.3 Å². The number of aromatic nitrogens is 2. The number of carbonyl (C=O) groups is 1. The van der Waals surface area contributed by atoms with Crippen molar-refractivity contribution in [3.05, 3.63) is 60.0 Å². The van der Waals surface area contributed by atoms with Gasteiger partial charge in [-0.1, -0.05) is 0 Å². The van der Waals surface area contributed by atoms with Crippen LogP contribution in [0.25, 0.3) is 11.5 Å². The number of piperidine rings is 1. The van der Waals surface area contributed by atoms with Crippen molar-refractivity contribution in [1.29, 1.82) is 0 Å². The molecular weight excluding hydrogens is 439 g/mol. The van der Waals surface area contributed by atoms with Crippen LogP contribution in [0.1, 0.15) is 30.2 Å². The lowest BCUT2D eigenvalue weighted by atomic mass is 9.98. The zero-order chi connectivity index (χ0) is 23.4. The van der Waals surface area contributed by atoms with Gasteiger partial charge in [-0.05, 0) is 61.4 Å². The Kier molecular flexibility index (Phi) is 6.52. The number of ether oxygens (including phenoxy) is 2. The summed E-state index contributed by atoms with van der Waals surface area (Å²) in [5.74, 6) is 1.46. The van der Waals surface area contributed by atoms with Gasteiger partial charge in [0.05, 0.1) is 18.6 Å². The van der Waals surface area contributed by atoms with Crippen LogP contribution in [0, 0.1) is 0 Å². The van der Waals surface area contributed by atoms with Crippen molar-refractivity contribution in [2.45, 2.75) is 24.9 Å². The van der Waals surface area contributed by atoms with Crippen LogP contribution >= 0.6 is 0 Å². The average molecular weight is 461 g/mol. The Hall–Kier alpha value is -3.56. The monoisotopic (exact) mass is 461 g/mol. The fraction of sp³-hybridized carbons (Fsp3) is 0.348. The molecule has 4 rings (SSSR count). The number of hydrogen-bond acceptors (Lipinski definition) is 6. The number of hydrogen-bond donors (Lipinski definition) is 0. The second kappa shape index (κ2) is 9.51. The predicted octanol–water partition coefficient (Wildman–Crippen LogP) is 4.55. The van der Waals surface area contributed by atoms with Gasteiger partial charge in [-0.25, -0.2) is 0 Å². The summed E-state index contributed by atoms with van der Waals surface area (Å²) in [6.07, 6.45) is -2.89. The van der Waals surface area contributed by atoms with E-state index < -0.39 is 11.7 Å². The molecule has 10 heteroatoms. The number of likely N-dealkylation sites (tertiary alicyclic amines) is 1. The van der Waals surface area contributed by atoms with E-state index in [0.717, 1.165) is 25.0 Å². The van der Waals surface area contributed by atoms with Crippen LogP contribution in [0.3, 0.4) is 0 Å². The SMILES string of the molecule is COc1ccc(OCC(=O)N2CCCC(c3nnc(-c4ccc(C(F)(F)F)cc4)o3)C2)cc1. The molecule has 174 valence electrons. The third-order valence-corrected chi connectivity index (χ3v) is 5.44. The molecule has 33 heavy (non-hydrogen) atoms. The first kappa shape index (κ1) is 22.6. The van der Waals surface area contributed by atoms with E-state index in [2.05, 4.69) is 10.2 Å². The Bertz CT molecular complexity index is 1080. The zero-order valence-corrected chi connectivity index (χ0v) is 17.8. The van der Waals surface area contributed by atoms with Gasteiger partial charge in [0, 0.05) is 18.7 Å². The summed E-state index contributed by atoms with van der Waals surface area (Å²) in [5.41, 5.74) is -0.345. The fourth-order valence-electron chi connectivity index (χ4n) is 3.63. The number of rotatable bonds is 6. The first-order chi connectivity index (χ1) is 15.8. The summed E-state index contributed by atoms with van der Waals surface area (Å²) in [5, 5.41) is 8.05. The molecule has 2 heterocycles. The maximum atomic E-state index is 12.8. The van der Waals surface area contributed by atoms with Gasteiger partial charge in [0.25, 0.3) is 5.91 Å². The molecule has 0 spiro atoms. The molecular formula is C23H22F3N3O4. The molecule has 0 bridgehead atoms. The summed E-state index contributed by atoms with van der Waals surface area (Å²) in [4.78, 5) is 14.3. The van der Waals surface area contributed by atoms with E-state index in [0.29, 0.717) is 36.0 Å². The third-order valence-electron chi connectivity index (χ3n) is 5.44. The van der Waals surface area contributed by atoms with Gasteiger partial charge in [0.1, 0.15) is 11.5 Å². The highest BCUT2D eigenvalue weighted by Crippen LogP contribution is 2.32. The molecule has 1 aromatic heterocycles. The first-order valence-corrected chi connectivity index (χ1v) is 10.4. The Morgan fingerprint density at radius 1 is 1.09 bits per heavy atom. The minimum Gasteiger partial charge on any atom is -0.497 e. The largest absolute Gasteiger partial charge is 0.497 e. The number of amides is 1. The quantitative estimate of drug-likeness (QED) is 0.536. The summed E-state index contributed by atoms with van der Waals surface area (Å²) in [7, 11) is 1.57. The van der Waals surface area contributed by atoms with Gasteiger partial charge in [-0.15, -0.1) is 10.2 Å². The summed E-state index contributed by atoms with van der Waals surface area (Å²) < 4.78 is 54.7. The summed E-state index contributed by atoms with van der Waals surface area (Å²) in [6.45, 7) is 0.903. The lowest BCUT2D eigenvalue weighted by molar-refractivity contribution is -0.137. The predicted molar refractivity (Wildman–Crippen MR) is 112 cm³/mol. The molecule has 3 aromatic rings. The van der Waals surface area contributed by atoms with E-state index in [1.807, 2.05) is 0 Å². The van der Waals surface area contributed by atoms with E-state index in [1.165, 1.54) is 12.1 Å². The van der Waals surface area contributed by atoms with Gasteiger partial charge < -0.3 is 18.8 Å². The van der Waals surface area contributed by atoms with Crippen molar-refractivity contribution in [2.75, 3.05) is 26.8 Å².